The summed E-state index contributed by atoms with van der Waals surface area (Å²) in [4.78, 5) is 10.8. The van der Waals surface area contributed by atoms with Gasteiger partial charge in [0.05, 0.1) is 7.11 Å². The first kappa shape index (κ1) is 12.5. The fourth-order valence-corrected chi connectivity index (χ4v) is 1.34. The van der Waals surface area contributed by atoms with Crippen LogP contribution in [0.4, 0.5) is 0 Å². The summed E-state index contributed by atoms with van der Waals surface area (Å²) in [6, 6.07) is 10.0. The number of hydrogen-bond donors (Lipinski definition) is 1. The minimum atomic E-state index is -0.366. The van der Waals surface area contributed by atoms with Gasteiger partial charge in [0.2, 0.25) is 0 Å². The fourth-order valence-electron chi connectivity index (χ4n) is 1.34. The van der Waals surface area contributed by atoms with Crippen molar-refractivity contribution < 1.29 is 9.53 Å². The number of esters is 1. The molecule has 0 fully saturated rings. The second-order valence-electron chi connectivity index (χ2n) is 3.57. The van der Waals surface area contributed by atoms with Gasteiger partial charge in [-0.15, -0.1) is 0 Å². The summed E-state index contributed by atoms with van der Waals surface area (Å²) in [5, 5.41) is 0. The molecule has 0 amide bonds. The monoisotopic (exact) mass is 219 g/mol. The lowest BCUT2D eigenvalue weighted by Crippen LogP contribution is -2.18. The third kappa shape index (κ3) is 4.75. The van der Waals surface area contributed by atoms with Crippen molar-refractivity contribution in [2.24, 2.45) is 5.73 Å². The molecule has 2 N–H and O–H groups in total. The smallest absolute Gasteiger partial charge is 0.330 e. The van der Waals surface area contributed by atoms with E-state index in [1.165, 1.54) is 18.7 Å². The Hall–Kier alpha value is -1.61. The molecule has 0 aliphatic carbocycles. The third-order valence-corrected chi connectivity index (χ3v) is 2.29. The number of carbonyl (C=O) groups excluding carboxylic acids is 1. The number of carbonyl (C=O) groups is 1. The van der Waals surface area contributed by atoms with E-state index in [0.29, 0.717) is 0 Å². The van der Waals surface area contributed by atoms with Crippen LogP contribution in [0, 0.1) is 0 Å². The van der Waals surface area contributed by atoms with Crippen LogP contribution < -0.4 is 5.73 Å². The highest BCUT2D eigenvalue weighted by Gasteiger charge is 2.00. The number of benzene rings is 1. The Morgan fingerprint density at radius 3 is 2.75 bits per heavy atom. The molecule has 0 saturated heterocycles. The second-order valence-corrected chi connectivity index (χ2v) is 3.57. The number of aryl methyl sites for hydroxylation is 1. The largest absolute Gasteiger partial charge is 0.466 e. The Morgan fingerprint density at radius 2 is 2.12 bits per heavy atom. The number of ether oxygens (including phenoxy) is 1. The van der Waals surface area contributed by atoms with Crippen molar-refractivity contribution in [1.82, 2.24) is 0 Å². The van der Waals surface area contributed by atoms with Gasteiger partial charge in [-0.1, -0.05) is 36.4 Å². The molecular weight excluding hydrogens is 202 g/mol. The van der Waals surface area contributed by atoms with Crippen LogP contribution in [0.1, 0.15) is 12.0 Å². The van der Waals surface area contributed by atoms with Gasteiger partial charge in [0.15, 0.2) is 0 Å². The van der Waals surface area contributed by atoms with Gasteiger partial charge in [-0.05, 0) is 18.4 Å². The maximum atomic E-state index is 10.8. The number of methoxy groups -OCH3 is 1. The van der Waals surface area contributed by atoms with Crippen molar-refractivity contribution in [3.8, 4) is 0 Å². The first-order valence-electron chi connectivity index (χ1n) is 5.28. The zero-order valence-corrected chi connectivity index (χ0v) is 9.43. The molecule has 0 aromatic heterocycles. The summed E-state index contributed by atoms with van der Waals surface area (Å²) in [6.45, 7) is 0. The molecule has 0 bridgehead atoms. The average molecular weight is 219 g/mol. The predicted octanol–water partition coefficient (Wildman–Crippen LogP) is 1.68. The van der Waals surface area contributed by atoms with E-state index in [4.69, 9.17) is 5.73 Å². The van der Waals surface area contributed by atoms with Gasteiger partial charge < -0.3 is 10.5 Å². The standard InChI is InChI=1S/C13H17NO2/c1-16-13(15)10-9-12(14)8-7-11-5-3-2-4-6-11/h2-6,9-10,12H,7-8,14H2,1H3. The summed E-state index contributed by atoms with van der Waals surface area (Å²) < 4.78 is 4.48. The molecule has 0 aliphatic heterocycles. The summed E-state index contributed by atoms with van der Waals surface area (Å²) in [7, 11) is 1.35. The maximum absolute atomic E-state index is 10.8. The van der Waals surface area contributed by atoms with Crippen molar-refractivity contribution in [3.05, 3.63) is 48.0 Å². The molecule has 3 nitrogen and oxygen atoms in total. The Bertz CT molecular complexity index is 346. The van der Waals surface area contributed by atoms with Gasteiger partial charge in [0.25, 0.3) is 0 Å². The van der Waals surface area contributed by atoms with Gasteiger partial charge >= 0.3 is 5.97 Å². The summed E-state index contributed by atoms with van der Waals surface area (Å²) in [5.74, 6) is -0.366. The Labute approximate surface area is 95.9 Å². The Balaban J connectivity index is 2.33. The van der Waals surface area contributed by atoms with E-state index in [1.807, 2.05) is 18.2 Å². The Kier molecular flexibility index (Phi) is 5.29. The number of rotatable bonds is 5. The minimum absolute atomic E-state index is 0.112. The maximum Gasteiger partial charge on any atom is 0.330 e. The van der Waals surface area contributed by atoms with Crippen molar-refractivity contribution >= 4 is 5.97 Å². The summed E-state index contributed by atoms with van der Waals surface area (Å²) in [5.41, 5.74) is 7.08. The topological polar surface area (TPSA) is 52.3 Å². The van der Waals surface area contributed by atoms with E-state index < -0.39 is 0 Å². The van der Waals surface area contributed by atoms with E-state index in [2.05, 4.69) is 16.9 Å². The van der Waals surface area contributed by atoms with Crippen LogP contribution in [0.15, 0.2) is 42.5 Å². The van der Waals surface area contributed by atoms with E-state index in [9.17, 15) is 4.79 Å². The van der Waals surface area contributed by atoms with Crippen LogP contribution in [-0.4, -0.2) is 19.1 Å². The van der Waals surface area contributed by atoms with E-state index in [1.54, 1.807) is 6.08 Å². The molecule has 1 unspecified atom stereocenters. The van der Waals surface area contributed by atoms with Crippen molar-refractivity contribution in [1.29, 1.82) is 0 Å². The van der Waals surface area contributed by atoms with Gasteiger partial charge in [0, 0.05) is 12.1 Å². The molecule has 0 spiro atoms. The van der Waals surface area contributed by atoms with Crippen LogP contribution in [0.25, 0.3) is 0 Å². The van der Waals surface area contributed by atoms with Gasteiger partial charge in [-0.2, -0.15) is 0 Å². The molecular formula is C13H17NO2. The molecule has 0 radical (unpaired) electrons. The lowest BCUT2D eigenvalue weighted by Gasteiger charge is -2.05. The van der Waals surface area contributed by atoms with Crippen molar-refractivity contribution in [3.63, 3.8) is 0 Å². The van der Waals surface area contributed by atoms with Crippen LogP contribution in [-0.2, 0) is 16.0 Å². The van der Waals surface area contributed by atoms with Crippen molar-refractivity contribution in [2.45, 2.75) is 18.9 Å². The fraction of sp³-hybridized carbons (Fsp3) is 0.308. The van der Waals surface area contributed by atoms with E-state index in [-0.39, 0.29) is 12.0 Å². The quantitative estimate of drug-likeness (QED) is 0.605. The molecule has 1 rings (SSSR count). The molecule has 1 aromatic rings. The molecule has 0 aliphatic rings. The lowest BCUT2D eigenvalue weighted by molar-refractivity contribution is -0.134. The van der Waals surface area contributed by atoms with Crippen LogP contribution in [0.2, 0.25) is 0 Å². The molecule has 1 aromatic carbocycles. The zero-order chi connectivity index (χ0) is 11.8. The van der Waals surface area contributed by atoms with Gasteiger partial charge in [-0.25, -0.2) is 4.79 Å². The third-order valence-electron chi connectivity index (χ3n) is 2.29. The zero-order valence-electron chi connectivity index (χ0n) is 9.43. The highest BCUT2D eigenvalue weighted by Crippen LogP contribution is 2.04. The van der Waals surface area contributed by atoms with E-state index >= 15 is 0 Å². The second kappa shape index (κ2) is 6.80. The lowest BCUT2D eigenvalue weighted by atomic mass is 10.1. The molecule has 86 valence electrons. The number of nitrogens with two attached hydrogens (primary N) is 1. The summed E-state index contributed by atoms with van der Waals surface area (Å²) in [6.07, 6.45) is 4.77. The number of hydrogen-bond acceptors (Lipinski definition) is 3. The Morgan fingerprint density at radius 1 is 1.44 bits per heavy atom. The molecule has 1 atom stereocenters. The first-order chi connectivity index (χ1) is 7.72. The minimum Gasteiger partial charge on any atom is -0.466 e. The van der Waals surface area contributed by atoms with Crippen molar-refractivity contribution in [2.75, 3.05) is 7.11 Å². The molecule has 16 heavy (non-hydrogen) atoms. The van der Waals surface area contributed by atoms with Crippen LogP contribution >= 0.6 is 0 Å². The SMILES string of the molecule is COC(=O)C=CC(N)CCc1ccccc1. The highest BCUT2D eigenvalue weighted by molar-refractivity contribution is 5.81. The van der Waals surface area contributed by atoms with Crippen LogP contribution in [0.5, 0.6) is 0 Å². The van der Waals surface area contributed by atoms with Gasteiger partial charge in [0.1, 0.15) is 0 Å². The van der Waals surface area contributed by atoms with Crippen LogP contribution in [0.3, 0.4) is 0 Å². The summed E-state index contributed by atoms with van der Waals surface area (Å²) >= 11 is 0. The molecule has 3 heteroatoms. The molecule has 0 saturated carbocycles. The normalized spacial score (nSPS) is 12.6. The van der Waals surface area contributed by atoms with E-state index in [0.717, 1.165) is 12.8 Å². The molecule has 0 heterocycles. The van der Waals surface area contributed by atoms with Gasteiger partial charge in [-0.3, -0.25) is 0 Å². The predicted molar refractivity (Wildman–Crippen MR) is 63.9 cm³/mol. The first-order valence-corrected chi connectivity index (χ1v) is 5.28. The highest BCUT2D eigenvalue weighted by atomic mass is 16.5. The average Bonchev–Trinajstić information content (AvgIpc) is 2.34.